The van der Waals surface area contributed by atoms with Crippen molar-refractivity contribution in [3.05, 3.63) is 22.4 Å². The molecule has 0 aliphatic carbocycles. The van der Waals surface area contributed by atoms with Gasteiger partial charge in [0.15, 0.2) is 0 Å². The number of amides is 1. The van der Waals surface area contributed by atoms with Crippen LogP contribution in [-0.4, -0.2) is 33.9 Å². The Labute approximate surface area is 114 Å². The van der Waals surface area contributed by atoms with Gasteiger partial charge in [0.2, 0.25) is 5.91 Å². The van der Waals surface area contributed by atoms with Crippen LogP contribution in [0.2, 0.25) is 5.15 Å². The van der Waals surface area contributed by atoms with E-state index in [1.54, 1.807) is 0 Å². The highest BCUT2D eigenvalue weighted by atomic mass is 35.5. The summed E-state index contributed by atoms with van der Waals surface area (Å²) < 4.78 is 0. The summed E-state index contributed by atoms with van der Waals surface area (Å²) >= 11 is 7.60. The van der Waals surface area contributed by atoms with Gasteiger partial charge in [-0.3, -0.25) is 9.69 Å². The minimum Gasteiger partial charge on any atom is -0.369 e. The van der Waals surface area contributed by atoms with E-state index in [-0.39, 0.29) is 12.5 Å². The normalized spacial score (nSPS) is 11.3. The number of halogens is 1. The SMILES string of the molecule is CCN(CC(N)=O)Cc1nc(Cl)c2ccsc2n1. The van der Waals surface area contributed by atoms with Crippen LogP contribution in [0.15, 0.2) is 11.4 Å². The van der Waals surface area contributed by atoms with E-state index >= 15 is 0 Å². The highest BCUT2D eigenvalue weighted by Crippen LogP contribution is 2.24. The highest BCUT2D eigenvalue weighted by molar-refractivity contribution is 7.16. The van der Waals surface area contributed by atoms with E-state index in [0.29, 0.717) is 24.1 Å². The van der Waals surface area contributed by atoms with Crippen LogP contribution >= 0.6 is 22.9 Å². The van der Waals surface area contributed by atoms with Crippen molar-refractivity contribution in [3.63, 3.8) is 0 Å². The third-order valence-electron chi connectivity index (χ3n) is 2.52. The first-order valence-corrected chi connectivity index (χ1v) is 6.76. The second kappa shape index (κ2) is 5.60. The standard InChI is InChI=1S/C11H13ClN4OS/c1-2-16(5-8(13)17)6-9-14-10(12)7-3-4-18-11(7)15-9/h3-4H,2,5-6H2,1H3,(H2,13,17). The molecule has 0 unspecified atom stereocenters. The number of thiophene rings is 1. The molecule has 2 aromatic rings. The third kappa shape index (κ3) is 2.95. The molecular formula is C11H13ClN4OS. The molecule has 0 bridgehead atoms. The summed E-state index contributed by atoms with van der Waals surface area (Å²) in [6.45, 7) is 3.31. The Bertz CT molecular complexity index is 571. The van der Waals surface area contributed by atoms with Crippen LogP contribution in [0.25, 0.3) is 10.2 Å². The molecule has 0 aliphatic rings. The van der Waals surface area contributed by atoms with Crippen LogP contribution in [0.4, 0.5) is 0 Å². The molecule has 0 fully saturated rings. The smallest absolute Gasteiger partial charge is 0.231 e. The van der Waals surface area contributed by atoms with Crippen LogP contribution in [-0.2, 0) is 11.3 Å². The topological polar surface area (TPSA) is 72.1 Å². The van der Waals surface area contributed by atoms with Crippen molar-refractivity contribution in [2.75, 3.05) is 13.1 Å². The molecule has 0 spiro atoms. The Kier molecular flexibility index (Phi) is 4.11. The van der Waals surface area contributed by atoms with Gasteiger partial charge < -0.3 is 5.73 Å². The van der Waals surface area contributed by atoms with Crippen molar-refractivity contribution in [2.45, 2.75) is 13.5 Å². The van der Waals surface area contributed by atoms with E-state index in [2.05, 4.69) is 9.97 Å². The van der Waals surface area contributed by atoms with Gasteiger partial charge >= 0.3 is 0 Å². The first-order chi connectivity index (χ1) is 8.60. The van der Waals surface area contributed by atoms with Gasteiger partial charge in [-0.1, -0.05) is 18.5 Å². The number of nitrogens with zero attached hydrogens (tertiary/aromatic N) is 3. The number of nitrogens with two attached hydrogens (primary N) is 1. The number of fused-ring (bicyclic) bond motifs is 1. The van der Waals surface area contributed by atoms with E-state index in [9.17, 15) is 4.79 Å². The summed E-state index contributed by atoms with van der Waals surface area (Å²) in [5.74, 6) is 0.248. The maximum Gasteiger partial charge on any atom is 0.231 e. The Hall–Kier alpha value is -1.24. The second-order valence-electron chi connectivity index (χ2n) is 3.84. The number of carbonyl (C=O) groups is 1. The van der Waals surface area contributed by atoms with Gasteiger partial charge in [-0.2, -0.15) is 0 Å². The predicted octanol–water partition coefficient (Wildman–Crippen LogP) is 1.65. The predicted molar refractivity (Wildman–Crippen MR) is 72.6 cm³/mol. The summed E-state index contributed by atoms with van der Waals surface area (Å²) in [5.41, 5.74) is 5.18. The minimum absolute atomic E-state index is 0.194. The van der Waals surface area contributed by atoms with Crippen molar-refractivity contribution >= 4 is 39.1 Å². The molecule has 2 aromatic heterocycles. The molecule has 0 radical (unpaired) electrons. The molecule has 96 valence electrons. The molecule has 0 aliphatic heterocycles. The van der Waals surface area contributed by atoms with Gasteiger partial charge in [-0.15, -0.1) is 11.3 Å². The van der Waals surface area contributed by atoms with Crippen LogP contribution in [0.1, 0.15) is 12.7 Å². The first kappa shape index (κ1) is 13.2. The van der Waals surface area contributed by atoms with Crippen molar-refractivity contribution in [1.82, 2.24) is 14.9 Å². The molecule has 0 atom stereocenters. The number of rotatable bonds is 5. The average molecular weight is 285 g/mol. The Morgan fingerprint density at radius 2 is 2.33 bits per heavy atom. The van der Waals surface area contributed by atoms with Crippen molar-refractivity contribution in [3.8, 4) is 0 Å². The van der Waals surface area contributed by atoms with Gasteiger partial charge in [-0.05, 0) is 18.0 Å². The Morgan fingerprint density at radius 3 is 3.00 bits per heavy atom. The summed E-state index contributed by atoms with van der Waals surface area (Å²) in [7, 11) is 0. The van der Waals surface area contributed by atoms with Gasteiger partial charge in [0.05, 0.1) is 13.1 Å². The molecule has 2 N–H and O–H groups in total. The zero-order chi connectivity index (χ0) is 13.1. The quantitative estimate of drug-likeness (QED) is 0.848. The minimum atomic E-state index is -0.361. The van der Waals surface area contributed by atoms with Gasteiger partial charge in [-0.25, -0.2) is 9.97 Å². The first-order valence-electron chi connectivity index (χ1n) is 5.50. The van der Waals surface area contributed by atoms with Crippen LogP contribution in [0.5, 0.6) is 0 Å². The number of likely N-dealkylation sites (N-methyl/N-ethyl adjacent to an activating group) is 1. The summed E-state index contributed by atoms with van der Waals surface area (Å²) in [6.07, 6.45) is 0. The summed E-state index contributed by atoms with van der Waals surface area (Å²) in [6, 6.07) is 1.90. The van der Waals surface area contributed by atoms with Crippen LogP contribution < -0.4 is 5.73 Å². The lowest BCUT2D eigenvalue weighted by Crippen LogP contribution is -2.33. The number of aromatic nitrogens is 2. The molecule has 2 rings (SSSR count). The number of primary amides is 1. The Morgan fingerprint density at radius 1 is 1.56 bits per heavy atom. The van der Waals surface area contributed by atoms with Gasteiger partial charge in [0, 0.05) is 5.39 Å². The second-order valence-corrected chi connectivity index (χ2v) is 5.09. The average Bonchev–Trinajstić information content (AvgIpc) is 2.76. The molecule has 0 saturated carbocycles. The lowest BCUT2D eigenvalue weighted by molar-refractivity contribution is -0.119. The maximum atomic E-state index is 10.9. The molecular weight excluding hydrogens is 272 g/mol. The molecule has 0 aromatic carbocycles. The number of carbonyl (C=O) groups excluding carboxylic acids is 1. The molecule has 18 heavy (non-hydrogen) atoms. The number of hydrogen-bond acceptors (Lipinski definition) is 5. The fourth-order valence-corrected chi connectivity index (χ4v) is 2.72. The Balaban J connectivity index is 2.22. The lowest BCUT2D eigenvalue weighted by Gasteiger charge is -2.17. The van der Waals surface area contributed by atoms with E-state index in [1.165, 1.54) is 11.3 Å². The maximum absolute atomic E-state index is 10.9. The highest BCUT2D eigenvalue weighted by Gasteiger charge is 2.12. The van der Waals surface area contributed by atoms with Crippen molar-refractivity contribution < 1.29 is 4.79 Å². The third-order valence-corrected chi connectivity index (χ3v) is 3.61. The fraction of sp³-hybridized carbons (Fsp3) is 0.364. The fourth-order valence-electron chi connectivity index (χ4n) is 1.63. The molecule has 2 heterocycles. The molecule has 1 amide bonds. The molecule has 5 nitrogen and oxygen atoms in total. The van der Waals surface area contributed by atoms with Gasteiger partial charge in [0.1, 0.15) is 15.8 Å². The van der Waals surface area contributed by atoms with Crippen molar-refractivity contribution in [1.29, 1.82) is 0 Å². The summed E-state index contributed by atoms with van der Waals surface area (Å²) in [4.78, 5) is 22.3. The molecule has 7 heteroatoms. The van der Waals surface area contributed by atoms with E-state index in [4.69, 9.17) is 17.3 Å². The summed E-state index contributed by atoms with van der Waals surface area (Å²) in [5, 5.41) is 3.24. The van der Waals surface area contributed by atoms with E-state index in [0.717, 1.165) is 10.2 Å². The van der Waals surface area contributed by atoms with Crippen LogP contribution in [0, 0.1) is 0 Å². The zero-order valence-corrected chi connectivity index (χ0v) is 11.5. The van der Waals surface area contributed by atoms with Crippen molar-refractivity contribution in [2.24, 2.45) is 5.73 Å². The number of hydrogen-bond donors (Lipinski definition) is 1. The lowest BCUT2D eigenvalue weighted by atomic mass is 10.4. The molecule has 0 saturated heterocycles. The van der Waals surface area contributed by atoms with E-state index < -0.39 is 0 Å². The monoisotopic (exact) mass is 284 g/mol. The van der Waals surface area contributed by atoms with E-state index in [1.807, 2.05) is 23.3 Å². The zero-order valence-electron chi connectivity index (χ0n) is 9.89. The largest absolute Gasteiger partial charge is 0.369 e. The van der Waals surface area contributed by atoms with Gasteiger partial charge in [0.25, 0.3) is 0 Å². The van der Waals surface area contributed by atoms with Crippen LogP contribution in [0.3, 0.4) is 0 Å².